The fraction of sp³-hybridized carbons (Fsp3) is 0.269. The number of nitrogens with zero attached hydrogens (tertiary/aromatic N) is 6. The van der Waals surface area contributed by atoms with E-state index in [4.69, 9.17) is 15.5 Å². The van der Waals surface area contributed by atoms with E-state index < -0.39 is 0 Å². The first-order valence-electron chi connectivity index (χ1n) is 11.6. The standard InChI is InChI=1S/C26H27N7O2/c1-17-7-6-10-21(18(17)2)35-16-22(34)32-11-13-33(14-12-32)25-23-24(30-26(27)31-25)28-15-20(29-23)19-8-4-3-5-9-19/h3-10,15H,11-14,16H2,1-2H3,(H2,27,28,30,31). The summed E-state index contributed by atoms with van der Waals surface area (Å²) in [6.07, 6.45) is 1.69. The lowest BCUT2D eigenvalue weighted by molar-refractivity contribution is -0.133. The lowest BCUT2D eigenvalue weighted by atomic mass is 10.1. The van der Waals surface area contributed by atoms with E-state index in [1.54, 1.807) is 6.20 Å². The molecule has 3 heterocycles. The first-order chi connectivity index (χ1) is 17.0. The summed E-state index contributed by atoms with van der Waals surface area (Å²) in [6.45, 7) is 6.33. The molecule has 0 spiro atoms. The molecule has 0 radical (unpaired) electrons. The Morgan fingerprint density at radius 2 is 1.74 bits per heavy atom. The zero-order valence-electron chi connectivity index (χ0n) is 19.8. The number of hydrogen-bond donors (Lipinski definition) is 1. The van der Waals surface area contributed by atoms with Gasteiger partial charge in [0.2, 0.25) is 5.95 Å². The highest BCUT2D eigenvalue weighted by Gasteiger charge is 2.25. The Bertz CT molecular complexity index is 1370. The zero-order valence-corrected chi connectivity index (χ0v) is 19.8. The molecule has 1 fully saturated rings. The molecule has 0 aliphatic carbocycles. The minimum atomic E-state index is -0.0382. The Morgan fingerprint density at radius 3 is 2.51 bits per heavy atom. The number of rotatable bonds is 5. The summed E-state index contributed by atoms with van der Waals surface area (Å²) in [4.78, 5) is 34.7. The minimum absolute atomic E-state index is 0.0135. The molecule has 4 aromatic rings. The summed E-state index contributed by atoms with van der Waals surface area (Å²) in [5.41, 5.74) is 10.9. The van der Waals surface area contributed by atoms with Crippen LogP contribution in [0.1, 0.15) is 11.1 Å². The van der Waals surface area contributed by atoms with Gasteiger partial charge in [-0.1, -0.05) is 42.5 Å². The summed E-state index contributed by atoms with van der Waals surface area (Å²) in [6, 6.07) is 15.7. The number of piperazine rings is 1. The number of anilines is 2. The first kappa shape index (κ1) is 22.5. The second kappa shape index (κ2) is 9.54. The van der Waals surface area contributed by atoms with Crippen molar-refractivity contribution in [2.75, 3.05) is 43.4 Å². The molecule has 35 heavy (non-hydrogen) atoms. The van der Waals surface area contributed by atoms with Gasteiger partial charge in [-0.2, -0.15) is 9.97 Å². The maximum atomic E-state index is 12.8. The van der Waals surface area contributed by atoms with Crippen molar-refractivity contribution in [1.29, 1.82) is 0 Å². The molecule has 0 atom stereocenters. The topological polar surface area (TPSA) is 110 Å². The van der Waals surface area contributed by atoms with Crippen molar-refractivity contribution in [2.24, 2.45) is 0 Å². The third-order valence-electron chi connectivity index (χ3n) is 6.31. The van der Waals surface area contributed by atoms with Crippen molar-refractivity contribution in [2.45, 2.75) is 13.8 Å². The lowest BCUT2D eigenvalue weighted by Gasteiger charge is -2.35. The number of benzene rings is 2. The molecule has 2 N–H and O–H groups in total. The normalized spacial score (nSPS) is 13.8. The van der Waals surface area contributed by atoms with Gasteiger partial charge in [0, 0.05) is 31.7 Å². The molecule has 2 aromatic carbocycles. The van der Waals surface area contributed by atoms with Gasteiger partial charge >= 0.3 is 0 Å². The highest BCUT2D eigenvalue weighted by Crippen LogP contribution is 2.26. The molecule has 178 valence electrons. The number of fused-ring (bicyclic) bond motifs is 1. The van der Waals surface area contributed by atoms with Crippen molar-refractivity contribution in [3.05, 3.63) is 65.9 Å². The van der Waals surface area contributed by atoms with Crippen LogP contribution in [-0.4, -0.2) is 63.5 Å². The van der Waals surface area contributed by atoms with Crippen molar-refractivity contribution in [3.8, 4) is 17.0 Å². The van der Waals surface area contributed by atoms with Gasteiger partial charge in [0.1, 0.15) is 5.75 Å². The zero-order chi connectivity index (χ0) is 24.4. The first-order valence-corrected chi connectivity index (χ1v) is 11.6. The number of nitrogens with two attached hydrogens (primary N) is 1. The minimum Gasteiger partial charge on any atom is -0.483 e. The number of aromatic nitrogens is 4. The van der Waals surface area contributed by atoms with Crippen LogP contribution in [0.2, 0.25) is 0 Å². The summed E-state index contributed by atoms with van der Waals surface area (Å²) in [5.74, 6) is 1.49. The van der Waals surface area contributed by atoms with Gasteiger partial charge in [0.05, 0.1) is 11.9 Å². The van der Waals surface area contributed by atoms with Crippen molar-refractivity contribution >= 4 is 28.8 Å². The average molecular weight is 470 g/mol. The van der Waals surface area contributed by atoms with E-state index in [9.17, 15) is 4.79 Å². The quantitative estimate of drug-likeness (QED) is 0.475. The Balaban J connectivity index is 1.30. The molecule has 1 aliphatic heterocycles. The van der Waals surface area contributed by atoms with E-state index in [1.165, 1.54) is 0 Å². The van der Waals surface area contributed by atoms with Gasteiger partial charge in [-0.3, -0.25) is 4.79 Å². The maximum absolute atomic E-state index is 12.8. The molecule has 2 aromatic heterocycles. The predicted octanol–water partition coefficient (Wildman–Crippen LogP) is 3.01. The molecule has 9 heteroatoms. The van der Waals surface area contributed by atoms with E-state index in [0.717, 1.165) is 28.1 Å². The Hall–Kier alpha value is -4.27. The van der Waals surface area contributed by atoms with Crippen LogP contribution >= 0.6 is 0 Å². The van der Waals surface area contributed by atoms with E-state index in [2.05, 4.69) is 19.9 Å². The Morgan fingerprint density at radius 1 is 0.971 bits per heavy atom. The van der Waals surface area contributed by atoms with E-state index in [1.807, 2.05) is 67.3 Å². The molecular weight excluding hydrogens is 442 g/mol. The Labute approximate surface area is 203 Å². The van der Waals surface area contributed by atoms with Crippen molar-refractivity contribution in [1.82, 2.24) is 24.8 Å². The number of nitrogen functional groups attached to an aromatic ring is 1. The third kappa shape index (κ3) is 4.70. The van der Waals surface area contributed by atoms with Crippen molar-refractivity contribution in [3.63, 3.8) is 0 Å². The van der Waals surface area contributed by atoms with Crippen molar-refractivity contribution < 1.29 is 9.53 Å². The summed E-state index contributed by atoms with van der Waals surface area (Å²) in [7, 11) is 0. The molecule has 0 saturated carbocycles. The van der Waals surface area contributed by atoms with Crippen LogP contribution in [0.5, 0.6) is 5.75 Å². The fourth-order valence-electron chi connectivity index (χ4n) is 4.16. The number of hydrogen-bond acceptors (Lipinski definition) is 8. The van der Waals surface area contributed by atoms with E-state index in [-0.39, 0.29) is 18.5 Å². The monoisotopic (exact) mass is 469 g/mol. The molecule has 1 aliphatic rings. The summed E-state index contributed by atoms with van der Waals surface area (Å²) >= 11 is 0. The molecule has 9 nitrogen and oxygen atoms in total. The molecule has 1 amide bonds. The van der Waals surface area contributed by atoms with Crippen LogP contribution in [0, 0.1) is 13.8 Å². The van der Waals surface area contributed by atoms with E-state index >= 15 is 0 Å². The van der Waals surface area contributed by atoms with Gasteiger partial charge in [-0.25, -0.2) is 9.97 Å². The second-order valence-electron chi connectivity index (χ2n) is 8.55. The smallest absolute Gasteiger partial charge is 0.260 e. The summed E-state index contributed by atoms with van der Waals surface area (Å²) in [5, 5.41) is 0. The molecule has 0 bridgehead atoms. The van der Waals surface area contributed by atoms with Crippen LogP contribution < -0.4 is 15.4 Å². The second-order valence-corrected chi connectivity index (χ2v) is 8.55. The Kier molecular flexibility index (Phi) is 6.13. The molecular formula is C26H27N7O2. The van der Waals surface area contributed by atoms with Gasteiger partial charge in [-0.05, 0) is 31.0 Å². The van der Waals surface area contributed by atoms with Gasteiger partial charge in [-0.15, -0.1) is 0 Å². The lowest BCUT2D eigenvalue weighted by Crippen LogP contribution is -2.50. The highest BCUT2D eigenvalue weighted by atomic mass is 16.5. The third-order valence-corrected chi connectivity index (χ3v) is 6.31. The largest absolute Gasteiger partial charge is 0.483 e. The van der Waals surface area contributed by atoms with Crippen LogP contribution in [0.25, 0.3) is 22.4 Å². The maximum Gasteiger partial charge on any atom is 0.260 e. The van der Waals surface area contributed by atoms with Gasteiger partial charge in [0.25, 0.3) is 5.91 Å². The number of aryl methyl sites for hydroxylation is 1. The van der Waals surface area contributed by atoms with Gasteiger partial charge in [0.15, 0.2) is 23.6 Å². The molecule has 0 unspecified atom stereocenters. The van der Waals surface area contributed by atoms with Crippen LogP contribution in [0.15, 0.2) is 54.7 Å². The SMILES string of the molecule is Cc1cccc(OCC(=O)N2CCN(c3nc(N)nc4ncc(-c5ccccc5)nc34)CC2)c1C. The highest BCUT2D eigenvalue weighted by molar-refractivity contribution is 5.86. The van der Waals surface area contributed by atoms with E-state index in [0.29, 0.717) is 43.2 Å². The van der Waals surface area contributed by atoms with Crippen LogP contribution in [-0.2, 0) is 4.79 Å². The van der Waals surface area contributed by atoms with Crippen LogP contribution in [0.4, 0.5) is 11.8 Å². The van der Waals surface area contributed by atoms with Gasteiger partial charge < -0.3 is 20.3 Å². The number of ether oxygens (including phenoxy) is 1. The molecule has 5 rings (SSSR count). The van der Waals surface area contributed by atoms with Crippen LogP contribution in [0.3, 0.4) is 0 Å². The average Bonchev–Trinajstić information content (AvgIpc) is 2.89. The number of carbonyl (C=O) groups excluding carboxylic acids is 1. The predicted molar refractivity (Wildman–Crippen MR) is 135 cm³/mol. The number of amides is 1. The molecule has 1 saturated heterocycles. The number of carbonyl (C=O) groups is 1. The summed E-state index contributed by atoms with van der Waals surface area (Å²) < 4.78 is 5.81. The fourth-order valence-corrected chi connectivity index (χ4v) is 4.16.